The van der Waals surface area contributed by atoms with Gasteiger partial charge in [-0.05, 0) is 60.4 Å². The summed E-state index contributed by atoms with van der Waals surface area (Å²) in [6.07, 6.45) is 3.17. The molecule has 1 aromatic heterocycles. The van der Waals surface area contributed by atoms with Gasteiger partial charge in [0.05, 0.1) is 18.2 Å². The van der Waals surface area contributed by atoms with Crippen LogP contribution < -0.4 is 19.1 Å². The molecule has 2 aliphatic rings. The summed E-state index contributed by atoms with van der Waals surface area (Å²) in [5.74, 6) is -0.0264. The van der Waals surface area contributed by atoms with E-state index in [9.17, 15) is 14.7 Å². The molecule has 190 valence electrons. The molecule has 1 N–H and O–H groups in total. The Bertz CT molecular complexity index is 1410. The molecule has 2 aromatic carbocycles. The van der Waals surface area contributed by atoms with Crippen LogP contribution in [0.25, 0.3) is 5.76 Å². The lowest BCUT2D eigenvalue weighted by Gasteiger charge is -2.26. The highest BCUT2D eigenvalue weighted by atomic mass is 16.7. The maximum absolute atomic E-state index is 13.5. The first kappa shape index (κ1) is 24.4. The number of ether oxygens (including phenoxy) is 3. The summed E-state index contributed by atoms with van der Waals surface area (Å²) in [5, 5.41) is 11.5. The quantitative estimate of drug-likeness (QED) is 0.295. The maximum atomic E-state index is 13.5. The molecule has 0 bridgehead atoms. The molecule has 8 nitrogen and oxygen atoms in total. The lowest BCUT2D eigenvalue weighted by Crippen LogP contribution is -2.29. The number of carbonyl (C=O) groups is 2. The van der Waals surface area contributed by atoms with E-state index in [0.717, 1.165) is 5.56 Å². The van der Waals surface area contributed by atoms with Crippen molar-refractivity contribution in [2.24, 2.45) is 0 Å². The van der Waals surface area contributed by atoms with Crippen molar-refractivity contribution >= 4 is 23.1 Å². The molecule has 1 atom stereocenters. The van der Waals surface area contributed by atoms with E-state index in [4.69, 9.17) is 14.2 Å². The minimum atomic E-state index is -0.868. The van der Waals surface area contributed by atoms with Gasteiger partial charge in [0.15, 0.2) is 11.5 Å². The van der Waals surface area contributed by atoms with Gasteiger partial charge in [0.2, 0.25) is 6.79 Å². The maximum Gasteiger partial charge on any atom is 0.300 e. The Hall–Kier alpha value is -4.33. The fraction of sp³-hybridized carbons (Fsp3) is 0.276. The molecule has 5 rings (SSSR count). The monoisotopic (exact) mass is 500 g/mol. The van der Waals surface area contributed by atoms with E-state index < -0.39 is 17.7 Å². The number of hydrogen-bond acceptors (Lipinski definition) is 7. The first-order chi connectivity index (χ1) is 17.7. The van der Waals surface area contributed by atoms with Gasteiger partial charge < -0.3 is 19.3 Å². The molecular formula is C29H28N2O6. The van der Waals surface area contributed by atoms with Gasteiger partial charge in [-0.25, -0.2) is 0 Å². The van der Waals surface area contributed by atoms with E-state index in [1.165, 1.54) is 4.90 Å². The molecule has 37 heavy (non-hydrogen) atoms. The zero-order valence-electron chi connectivity index (χ0n) is 21.1. The molecule has 0 radical (unpaired) electrons. The number of rotatable bonds is 5. The zero-order chi connectivity index (χ0) is 26.3. The summed E-state index contributed by atoms with van der Waals surface area (Å²) < 4.78 is 16.7. The van der Waals surface area contributed by atoms with Crippen LogP contribution in [-0.4, -0.2) is 35.2 Å². The van der Waals surface area contributed by atoms with Crippen molar-refractivity contribution in [3.05, 3.63) is 83.2 Å². The Morgan fingerprint density at radius 3 is 2.49 bits per heavy atom. The van der Waals surface area contributed by atoms with Crippen LogP contribution in [0.5, 0.6) is 17.2 Å². The van der Waals surface area contributed by atoms with Crippen LogP contribution in [0.4, 0.5) is 5.69 Å². The highest BCUT2D eigenvalue weighted by Gasteiger charge is 2.47. The smallest absolute Gasteiger partial charge is 0.300 e. The third-order valence-electron chi connectivity index (χ3n) is 6.46. The normalized spacial score (nSPS) is 18.4. The average Bonchev–Trinajstić information content (AvgIpc) is 3.45. The van der Waals surface area contributed by atoms with Gasteiger partial charge in [-0.3, -0.25) is 19.5 Å². The SMILES string of the molecule is CCOc1ccc(/C(O)=C2\C(=O)C(=O)N(c3ccc4c(c3)OCO4)C2c2ccncc2)cc1C(C)(C)C. The molecule has 0 saturated carbocycles. The lowest BCUT2D eigenvalue weighted by atomic mass is 9.84. The second-order valence-corrected chi connectivity index (χ2v) is 9.88. The fourth-order valence-electron chi connectivity index (χ4n) is 4.70. The van der Waals surface area contributed by atoms with Crippen LogP contribution in [0.1, 0.15) is 50.4 Å². The zero-order valence-corrected chi connectivity index (χ0v) is 21.1. The minimum Gasteiger partial charge on any atom is -0.507 e. The van der Waals surface area contributed by atoms with Gasteiger partial charge in [0.1, 0.15) is 11.5 Å². The van der Waals surface area contributed by atoms with Gasteiger partial charge >= 0.3 is 0 Å². The molecule has 8 heteroatoms. The Morgan fingerprint density at radius 1 is 1.05 bits per heavy atom. The first-order valence-corrected chi connectivity index (χ1v) is 12.1. The number of aliphatic hydroxyl groups is 1. The van der Waals surface area contributed by atoms with Crippen molar-refractivity contribution in [1.82, 2.24) is 4.98 Å². The number of Topliss-reactive ketones (excluding diaryl/α,β-unsaturated/α-hetero) is 1. The predicted molar refractivity (Wildman–Crippen MR) is 138 cm³/mol. The van der Waals surface area contributed by atoms with Crippen LogP contribution >= 0.6 is 0 Å². The summed E-state index contributed by atoms with van der Waals surface area (Å²) in [5.41, 5.74) is 2.10. The standard InChI is InChI=1S/C29H28N2O6/c1-5-35-21-8-6-18(14-20(21)29(2,3)4)26(32)24-25(17-10-12-30-13-11-17)31(28(34)27(24)33)19-7-9-22-23(15-19)37-16-36-22/h6-15,25,32H,5,16H2,1-4H3/b26-24+. The number of carbonyl (C=O) groups excluding carboxylic acids is 2. The second kappa shape index (κ2) is 9.28. The van der Waals surface area contributed by atoms with Gasteiger partial charge in [0, 0.05) is 35.3 Å². The van der Waals surface area contributed by atoms with E-state index in [2.05, 4.69) is 4.98 Å². The summed E-state index contributed by atoms with van der Waals surface area (Å²) in [7, 11) is 0. The van der Waals surface area contributed by atoms with Crippen LogP contribution in [0.2, 0.25) is 0 Å². The minimum absolute atomic E-state index is 0.00196. The average molecular weight is 501 g/mol. The Labute approximate surface area is 215 Å². The number of nitrogens with zero attached hydrogens (tertiary/aromatic N) is 2. The number of aliphatic hydroxyl groups excluding tert-OH is 1. The number of anilines is 1. The molecule has 0 spiro atoms. The van der Waals surface area contributed by atoms with Crippen molar-refractivity contribution < 1.29 is 28.9 Å². The van der Waals surface area contributed by atoms with Gasteiger partial charge in [0.25, 0.3) is 11.7 Å². The van der Waals surface area contributed by atoms with Crippen molar-refractivity contribution in [3.63, 3.8) is 0 Å². The van der Waals surface area contributed by atoms with Crippen molar-refractivity contribution in [2.45, 2.75) is 39.2 Å². The number of hydrogen-bond donors (Lipinski definition) is 1. The summed E-state index contributed by atoms with van der Waals surface area (Å²) in [4.78, 5) is 32.3. The van der Waals surface area contributed by atoms with Gasteiger partial charge in [-0.1, -0.05) is 20.8 Å². The first-order valence-electron chi connectivity index (χ1n) is 12.1. The summed E-state index contributed by atoms with van der Waals surface area (Å²) in [6.45, 7) is 8.63. The number of aromatic nitrogens is 1. The molecule has 1 amide bonds. The molecule has 3 aromatic rings. The summed E-state index contributed by atoms with van der Waals surface area (Å²) >= 11 is 0. The van der Waals surface area contributed by atoms with E-state index in [-0.39, 0.29) is 23.5 Å². The second-order valence-electron chi connectivity index (χ2n) is 9.88. The third-order valence-corrected chi connectivity index (χ3v) is 6.46. The Balaban J connectivity index is 1.69. The fourth-order valence-corrected chi connectivity index (χ4v) is 4.70. The Morgan fingerprint density at radius 2 is 1.78 bits per heavy atom. The van der Waals surface area contributed by atoms with Gasteiger partial charge in [-0.2, -0.15) is 0 Å². The largest absolute Gasteiger partial charge is 0.507 e. The van der Waals surface area contributed by atoms with E-state index in [0.29, 0.717) is 40.7 Å². The molecule has 2 aliphatic heterocycles. The molecule has 0 aliphatic carbocycles. The summed E-state index contributed by atoms with van der Waals surface area (Å²) in [6, 6.07) is 12.9. The van der Waals surface area contributed by atoms with Crippen LogP contribution in [0.15, 0.2) is 66.5 Å². The third kappa shape index (κ3) is 4.28. The molecule has 1 unspecified atom stereocenters. The number of amides is 1. The number of benzene rings is 2. The van der Waals surface area contributed by atoms with E-state index in [1.54, 1.807) is 54.9 Å². The molecular weight excluding hydrogens is 472 g/mol. The number of pyridine rings is 1. The predicted octanol–water partition coefficient (Wildman–Crippen LogP) is 5.13. The highest BCUT2D eigenvalue weighted by Crippen LogP contribution is 2.45. The van der Waals surface area contributed by atoms with Crippen LogP contribution in [0, 0.1) is 0 Å². The molecule has 1 fully saturated rings. The van der Waals surface area contributed by atoms with Crippen LogP contribution in [0.3, 0.4) is 0 Å². The molecule has 3 heterocycles. The highest BCUT2D eigenvalue weighted by molar-refractivity contribution is 6.51. The van der Waals surface area contributed by atoms with Crippen molar-refractivity contribution in [2.75, 3.05) is 18.3 Å². The number of fused-ring (bicyclic) bond motifs is 1. The number of ketones is 1. The van der Waals surface area contributed by atoms with Crippen LogP contribution in [-0.2, 0) is 15.0 Å². The van der Waals surface area contributed by atoms with Crippen molar-refractivity contribution in [1.29, 1.82) is 0 Å². The van der Waals surface area contributed by atoms with Gasteiger partial charge in [-0.15, -0.1) is 0 Å². The Kier molecular flexibility index (Phi) is 6.11. The van der Waals surface area contributed by atoms with E-state index in [1.807, 2.05) is 33.8 Å². The van der Waals surface area contributed by atoms with Crippen molar-refractivity contribution in [3.8, 4) is 17.2 Å². The lowest BCUT2D eigenvalue weighted by molar-refractivity contribution is -0.132. The van der Waals surface area contributed by atoms with E-state index >= 15 is 0 Å². The topological polar surface area (TPSA) is 98.2 Å². The molecule has 1 saturated heterocycles.